The zero-order valence-electron chi connectivity index (χ0n) is 10.7. The molecule has 0 heterocycles. The predicted molar refractivity (Wildman–Crippen MR) is 76.9 cm³/mol. The normalized spacial score (nSPS) is 15.6. The Kier molecular flexibility index (Phi) is 4.69. The third-order valence-electron chi connectivity index (χ3n) is 3.57. The summed E-state index contributed by atoms with van der Waals surface area (Å²) in [7, 11) is 0. The predicted octanol–water partition coefficient (Wildman–Crippen LogP) is 2.88. The number of carbonyl (C=O) groups excluding carboxylic acids is 1. The van der Waals surface area contributed by atoms with Crippen molar-refractivity contribution >= 4 is 21.8 Å². The Bertz CT molecular complexity index is 458. The van der Waals surface area contributed by atoms with Crippen molar-refractivity contribution in [3.63, 3.8) is 0 Å². The summed E-state index contributed by atoms with van der Waals surface area (Å²) in [4.78, 5) is 14.4. The molecule has 2 N–H and O–H groups in total. The molecular weight excluding hydrogens is 310 g/mol. The molecule has 1 fully saturated rings. The maximum atomic E-state index is 12.5. The number of aromatic hydroxyl groups is 2. The largest absolute Gasteiger partial charge is 0.504 e. The summed E-state index contributed by atoms with van der Waals surface area (Å²) >= 11 is 3.38. The van der Waals surface area contributed by atoms with E-state index in [2.05, 4.69) is 15.9 Å². The number of carbonyl (C=O) groups is 1. The van der Waals surface area contributed by atoms with Crippen molar-refractivity contribution in [3.8, 4) is 11.5 Å². The molecule has 0 atom stereocenters. The minimum Gasteiger partial charge on any atom is -0.504 e. The van der Waals surface area contributed by atoms with Gasteiger partial charge >= 0.3 is 0 Å². The average molecular weight is 328 g/mol. The van der Waals surface area contributed by atoms with E-state index in [0.29, 0.717) is 18.2 Å². The van der Waals surface area contributed by atoms with Crippen LogP contribution >= 0.6 is 15.9 Å². The van der Waals surface area contributed by atoms with Crippen molar-refractivity contribution in [2.45, 2.75) is 31.7 Å². The lowest BCUT2D eigenvalue weighted by Gasteiger charge is -2.28. The molecule has 0 unspecified atom stereocenters. The molecule has 5 heteroatoms. The van der Waals surface area contributed by atoms with Crippen LogP contribution in [0.5, 0.6) is 11.5 Å². The van der Waals surface area contributed by atoms with Gasteiger partial charge in [-0.05, 0) is 31.0 Å². The Labute approximate surface area is 121 Å². The summed E-state index contributed by atoms with van der Waals surface area (Å²) in [5.41, 5.74) is 0.420. The smallest absolute Gasteiger partial charge is 0.254 e. The van der Waals surface area contributed by atoms with Crippen LogP contribution in [0.1, 0.15) is 36.0 Å². The molecule has 1 saturated carbocycles. The number of halogens is 1. The Hall–Kier alpha value is -1.23. The van der Waals surface area contributed by atoms with Gasteiger partial charge in [-0.15, -0.1) is 0 Å². The fourth-order valence-electron chi connectivity index (χ4n) is 2.58. The topological polar surface area (TPSA) is 60.8 Å². The second-order valence-electron chi connectivity index (χ2n) is 4.83. The van der Waals surface area contributed by atoms with E-state index in [1.54, 1.807) is 6.07 Å². The van der Waals surface area contributed by atoms with E-state index in [9.17, 15) is 15.0 Å². The molecule has 0 saturated heterocycles. The van der Waals surface area contributed by atoms with Crippen LogP contribution in [0.3, 0.4) is 0 Å². The maximum Gasteiger partial charge on any atom is 0.254 e. The van der Waals surface area contributed by atoms with E-state index in [4.69, 9.17) is 0 Å². The quantitative estimate of drug-likeness (QED) is 0.660. The van der Waals surface area contributed by atoms with Gasteiger partial charge in [0.15, 0.2) is 11.5 Å². The molecule has 1 aromatic carbocycles. The third-order valence-corrected chi connectivity index (χ3v) is 3.93. The van der Waals surface area contributed by atoms with Gasteiger partial charge in [0.2, 0.25) is 0 Å². The van der Waals surface area contributed by atoms with Gasteiger partial charge in [0, 0.05) is 23.5 Å². The third kappa shape index (κ3) is 3.21. The fraction of sp³-hybridized carbons (Fsp3) is 0.500. The average Bonchev–Trinajstić information content (AvgIpc) is 2.92. The Morgan fingerprint density at radius 1 is 1.26 bits per heavy atom. The van der Waals surface area contributed by atoms with E-state index in [-0.39, 0.29) is 17.4 Å². The molecule has 1 aliphatic rings. The van der Waals surface area contributed by atoms with Gasteiger partial charge in [-0.3, -0.25) is 4.79 Å². The lowest BCUT2D eigenvalue weighted by molar-refractivity contribution is 0.0696. The molecule has 19 heavy (non-hydrogen) atoms. The maximum absolute atomic E-state index is 12.5. The molecule has 0 bridgehead atoms. The summed E-state index contributed by atoms with van der Waals surface area (Å²) in [6.07, 6.45) is 4.42. The molecule has 0 radical (unpaired) electrons. The van der Waals surface area contributed by atoms with Gasteiger partial charge in [-0.1, -0.05) is 28.8 Å². The molecule has 0 spiro atoms. The second kappa shape index (κ2) is 6.28. The molecule has 4 nitrogen and oxygen atoms in total. The van der Waals surface area contributed by atoms with Crippen LogP contribution in [-0.4, -0.2) is 38.9 Å². The van der Waals surface area contributed by atoms with Gasteiger partial charge in [0.25, 0.3) is 5.91 Å². The highest BCUT2D eigenvalue weighted by atomic mass is 79.9. The van der Waals surface area contributed by atoms with Gasteiger partial charge in [-0.2, -0.15) is 0 Å². The van der Waals surface area contributed by atoms with Crippen LogP contribution in [0.25, 0.3) is 0 Å². The summed E-state index contributed by atoms with van der Waals surface area (Å²) in [5, 5.41) is 19.5. The van der Waals surface area contributed by atoms with E-state index >= 15 is 0 Å². The van der Waals surface area contributed by atoms with Crippen molar-refractivity contribution in [2.75, 3.05) is 11.9 Å². The first kappa shape index (κ1) is 14.2. The van der Waals surface area contributed by atoms with Gasteiger partial charge < -0.3 is 15.1 Å². The highest BCUT2D eigenvalue weighted by Gasteiger charge is 2.27. The number of hydrogen-bond donors (Lipinski definition) is 2. The summed E-state index contributed by atoms with van der Waals surface area (Å²) in [5.74, 6) is -0.540. The molecule has 0 aromatic heterocycles. The first-order chi connectivity index (χ1) is 9.13. The van der Waals surface area contributed by atoms with Gasteiger partial charge in [0.1, 0.15) is 0 Å². The Balaban J connectivity index is 2.20. The molecule has 1 aliphatic carbocycles. The highest BCUT2D eigenvalue weighted by molar-refractivity contribution is 9.09. The Morgan fingerprint density at radius 2 is 1.95 bits per heavy atom. The monoisotopic (exact) mass is 327 g/mol. The number of hydrogen-bond acceptors (Lipinski definition) is 3. The van der Waals surface area contributed by atoms with Crippen LogP contribution in [0.15, 0.2) is 18.2 Å². The van der Waals surface area contributed by atoms with Crippen LogP contribution in [0.4, 0.5) is 0 Å². The minimum absolute atomic E-state index is 0.0818. The van der Waals surface area contributed by atoms with Crippen LogP contribution < -0.4 is 0 Å². The van der Waals surface area contributed by atoms with E-state index in [0.717, 1.165) is 31.0 Å². The summed E-state index contributed by atoms with van der Waals surface area (Å²) in [6, 6.07) is 4.52. The van der Waals surface area contributed by atoms with Crippen molar-refractivity contribution in [3.05, 3.63) is 23.8 Å². The van der Waals surface area contributed by atoms with E-state index in [1.165, 1.54) is 12.1 Å². The molecule has 1 amide bonds. The lowest BCUT2D eigenvalue weighted by atomic mass is 10.1. The van der Waals surface area contributed by atoms with Crippen molar-refractivity contribution in [2.24, 2.45) is 0 Å². The number of amides is 1. The van der Waals surface area contributed by atoms with E-state index < -0.39 is 0 Å². The first-order valence-electron chi connectivity index (χ1n) is 6.52. The number of phenolic OH excluding ortho intramolecular Hbond substituents is 2. The lowest BCUT2D eigenvalue weighted by Crippen LogP contribution is -2.40. The zero-order valence-corrected chi connectivity index (χ0v) is 12.3. The van der Waals surface area contributed by atoms with Crippen molar-refractivity contribution < 1.29 is 15.0 Å². The summed E-state index contributed by atoms with van der Waals surface area (Å²) < 4.78 is 0. The van der Waals surface area contributed by atoms with Crippen molar-refractivity contribution in [1.29, 1.82) is 0 Å². The molecular formula is C14H18BrNO3. The van der Waals surface area contributed by atoms with Crippen LogP contribution in [0.2, 0.25) is 0 Å². The number of benzene rings is 1. The fourth-order valence-corrected chi connectivity index (χ4v) is 2.96. The van der Waals surface area contributed by atoms with Gasteiger partial charge in [-0.25, -0.2) is 0 Å². The first-order valence-corrected chi connectivity index (χ1v) is 7.64. The van der Waals surface area contributed by atoms with Crippen LogP contribution in [0, 0.1) is 0 Å². The number of nitrogens with zero attached hydrogens (tertiary/aromatic N) is 1. The molecule has 104 valence electrons. The number of rotatable bonds is 4. The number of alkyl halides is 1. The SMILES string of the molecule is O=C(c1ccc(O)c(O)c1)N(CCBr)C1CCCC1. The second-order valence-corrected chi connectivity index (χ2v) is 5.62. The number of phenols is 2. The van der Waals surface area contributed by atoms with Crippen LogP contribution in [-0.2, 0) is 0 Å². The minimum atomic E-state index is -0.254. The summed E-state index contributed by atoms with van der Waals surface area (Å²) in [6.45, 7) is 0.658. The van der Waals surface area contributed by atoms with Gasteiger partial charge in [0.05, 0.1) is 0 Å². The molecule has 0 aliphatic heterocycles. The molecule has 2 rings (SSSR count). The molecule has 1 aromatic rings. The highest BCUT2D eigenvalue weighted by Crippen LogP contribution is 2.28. The van der Waals surface area contributed by atoms with E-state index in [1.807, 2.05) is 4.90 Å². The Morgan fingerprint density at radius 3 is 2.53 bits per heavy atom. The standard InChI is InChI=1S/C14H18BrNO3/c15-7-8-16(11-3-1-2-4-11)14(19)10-5-6-12(17)13(18)9-10/h5-6,9,11,17-18H,1-4,7-8H2. The zero-order chi connectivity index (χ0) is 13.8. The van der Waals surface area contributed by atoms with Crippen molar-refractivity contribution in [1.82, 2.24) is 4.90 Å².